The summed E-state index contributed by atoms with van der Waals surface area (Å²) in [5.41, 5.74) is 1.30. The second-order valence-corrected chi connectivity index (χ2v) is 6.41. The van der Waals surface area contributed by atoms with E-state index < -0.39 is 5.79 Å². The normalized spacial score (nSPS) is 14.2. The Morgan fingerprint density at radius 2 is 1.13 bits per heavy atom. The predicted octanol–water partition coefficient (Wildman–Crippen LogP) is 9.93. The number of methoxy groups -OCH3 is 2. The second-order valence-electron chi connectivity index (χ2n) is 6.41. The van der Waals surface area contributed by atoms with Crippen molar-refractivity contribution < 1.29 is 14.3 Å². The first-order chi connectivity index (χ1) is 18.5. The van der Waals surface area contributed by atoms with Crippen molar-refractivity contribution in [3.05, 3.63) is 73.9 Å². The fourth-order valence-corrected chi connectivity index (χ4v) is 3.47. The van der Waals surface area contributed by atoms with E-state index in [0.717, 1.165) is 31.3 Å². The van der Waals surface area contributed by atoms with Crippen LogP contribution in [0.1, 0.15) is 94.9 Å². The van der Waals surface area contributed by atoms with Crippen molar-refractivity contribution in [2.75, 3.05) is 27.0 Å². The zero-order valence-corrected chi connectivity index (χ0v) is 28.4. The molecule has 0 radical (unpaired) electrons. The van der Waals surface area contributed by atoms with Gasteiger partial charge in [0.15, 0.2) is 5.79 Å². The number of ether oxygens (including phenoxy) is 2. The lowest BCUT2D eigenvalue weighted by atomic mass is 9.67. The molecule has 1 N–H and O–H groups in total. The van der Waals surface area contributed by atoms with Gasteiger partial charge in [0.05, 0.1) is 0 Å². The number of carbonyl (C=O) groups is 1. The Kier molecular flexibility index (Phi) is 48.3. The van der Waals surface area contributed by atoms with Crippen molar-refractivity contribution in [2.45, 2.75) is 101 Å². The van der Waals surface area contributed by atoms with Gasteiger partial charge in [0, 0.05) is 44.6 Å². The molecule has 0 heterocycles. The molecule has 1 amide bonds. The first-order valence-corrected chi connectivity index (χ1v) is 15.1. The van der Waals surface area contributed by atoms with Gasteiger partial charge in [0.2, 0.25) is 0 Å². The summed E-state index contributed by atoms with van der Waals surface area (Å²) in [5.74, 6) is -0.736. The third-order valence-corrected chi connectivity index (χ3v) is 5.21. The van der Waals surface area contributed by atoms with Crippen LogP contribution in [-0.2, 0) is 14.3 Å². The fraction of sp³-hybridized carbons (Fsp3) is 0.606. The summed E-state index contributed by atoms with van der Waals surface area (Å²) in [4.78, 5) is 12.4. The highest BCUT2D eigenvalue weighted by molar-refractivity contribution is 7.79. The molecule has 0 aromatic heterocycles. The lowest BCUT2D eigenvalue weighted by molar-refractivity contribution is -0.231. The van der Waals surface area contributed by atoms with E-state index >= 15 is 0 Å². The van der Waals surface area contributed by atoms with Crippen LogP contribution >= 0.6 is 12.6 Å². The number of carbonyl (C=O) groups excluding carboxylic acids is 1. The number of nitrogens with one attached hydrogen (secondary N) is 1. The largest absolute Gasteiger partial charge is 0.353 e. The fourth-order valence-electron chi connectivity index (χ4n) is 3.47. The third kappa shape index (κ3) is 19.3. The van der Waals surface area contributed by atoms with E-state index in [1.54, 1.807) is 38.7 Å². The average Bonchev–Trinajstić information content (AvgIpc) is 3.03. The maximum Gasteiger partial charge on any atom is 0.251 e. The van der Waals surface area contributed by atoms with Gasteiger partial charge in [-0.3, -0.25) is 4.79 Å². The summed E-state index contributed by atoms with van der Waals surface area (Å²) in [6.07, 6.45) is 15.1. The van der Waals surface area contributed by atoms with Gasteiger partial charge in [-0.15, -0.1) is 0 Å². The lowest BCUT2D eigenvalue weighted by Crippen LogP contribution is -2.47. The van der Waals surface area contributed by atoms with E-state index in [2.05, 4.69) is 44.3 Å². The van der Waals surface area contributed by atoms with Gasteiger partial charge in [-0.05, 0) is 24.7 Å². The number of amides is 1. The second kappa shape index (κ2) is 37.3. The molecule has 0 unspecified atom stereocenters. The quantitative estimate of drug-likeness (QED) is 0.122. The zero-order chi connectivity index (χ0) is 31.6. The van der Waals surface area contributed by atoms with Crippen molar-refractivity contribution in [1.82, 2.24) is 5.32 Å². The molecule has 0 aliphatic heterocycles. The maximum absolute atomic E-state index is 12.4. The van der Waals surface area contributed by atoms with Crippen molar-refractivity contribution in [2.24, 2.45) is 5.41 Å². The smallest absolute Gasteiger partial charge is 0.251 e. The van der Waals surface area contributed by atoms with Crippen LogP contribution in [0.4, 0.5) is 0 Å². The van der Waals surface area contributed by atoms with Crippen LogP contribution in [0, 0.1) is 5.41 Å². The van der Waals surface area contributed by atoms with Crippen LogP contribution in [0.25, 0.3) is 0 Å². The minimum absolute atomic E-state index is 0.170. The molecule has 0 spiro atoms. The molecule has 1 fully saturated rings. The number of hydrogen-bond acceptors (Lipinski definition) is 4. The Bertz CT molecular complexity index is 608. The summed E-state index contributed by atoms with van der Waals surface area (Å²) in [6, 6.07) is 0. The lowest BCUT2D eigenvalue weighted by Gasteiger charge is -2.45. The van der Waals surface area contributed by atoms with Gasteiger partial charge in [-0.25, -0.2) is 0 Å². The van der Waals surface area contributed by atoms with Crippen LogP contribution in [0.2, 0.25) is 0 Å². The molecule has 1 saturated carbocycles. The SMILES string of the molecule is C=C/C=C(\C=C)C(=O)NCC1(/C(C=C)=C/C=C)CCC(OC)(OC)CC1.CC.CC.CC.CC.CC.CS. The molecule has 0 atom stereocenters. The zero-order valence-electron chi connectivity index (χ0n) is 27.5. The van der Waals surface area contributed by atoms with Gasteiger partial charge in [0.25, 0.3) is 5.91 Å². The van der Waals surface area contributed by atoms with Gasteiger partial charge < -0.3 is 14.8 Å². The molecule has 4 nitrogen and oxygen atoms in total. The van der Waals surface area contributed by atoms with Crippen molar-refractivity contribution in [3.8, 4) is 0 Å². The molecule has 0 aromatic rings. The molecule has 0 aromatic carbocycles. The number of thiol groups is 1. The van der Waals surface area contributed by atoms with E-state index in [0.29, 0.717) is 12.1 Å². The number of rotatable bonds is 10. The summed E-state index contributed by atoms with van der Waals surface area (Å²) < 4.78 is 11.2. The third-order valence-electron chi connectivity index (χ3n) is 5.21. The first-order valence-electron chi connectivity index (χ1n) is 14.2. The van der Waals surface area contributed by atoms with Crippen LogP contribution in [0.5, 0.6) is 0 Å². The standard InChI is InChI=1S/C22H31NO3.5C2H6.CH4S/c1-7-11-18(9-3)20(24)23-17-21(19(10-4)12-8-2)13-15-22(25-5,26-6)16-14-21;6*1-2/h7-12H,1-4,13-17H2,5-6H3,(H,23,24);5*1-2H3;2H,1H3/b18-11+,19-12+;;;;;;. The van der Waals surface area contributed by atoms with E-state index in [1.165, 1.54) is 6.08 Å². The van der Waals surface area contributed by atoms with E-state index in [9.17, 15) is 4.79 Å². The Balaban J connectivity index is -0.000000187. The average molecular weight is 556 g/mol. The molecule has 1 aliphatic carbocycles. The van der Waals surface area contributed by atoms with Crippen molar-refractivity contribution >= 4 is 18.5 Å². The van der Waals surface area contributed by atoms with Gasteiger partial charge >= 0.3 is 0 Å². The van der Waals surface area contributed by atoms with Crippen LogP contribution in [0.15, 0.2) is 73.9 Å². The number of hydrogen-bond donors (Lipinski definition) is 2. The van der Waals surface area contributed by atoms with Crippen molar-refractivity contribution in [1.29, 1.82) is 0 Å². The van der Waals surface area contributed by atoms with Crippen LogP contribution in [-0.4, -0.2) is 38.7 Å². The highest BCUT2D eigenvalue weighted by atomic mass is 32.1. The van der Waals surface area contributed by atoms with E-state index in [4.69, 9.17) is 9.47 Å². The minimum Gasteiger partial charge on any atom is -0.353 e. The van der Waals surface area contributed by atoms with Gasteiger partial charge in [0.1, 0.15) is 0 Å². The number of allylic oxidation sites excluding steroid dienone is 5. The van der Waals surface area contributed by atoms with E-state index in [-0.39, 0.29) is 11.3 Å². The molecule has 1 rings (SSSR count). The summed E-state index contributed by atoms with van der Waals surface area (Å²) in [7, 11) is 3.34. The topological polar surface area (TPSA) is 47.6 Å². The molecular weight excluding hydrogens is 490 g/mol. The summed E-state index contributed by atoms with van der Waals surface area (Å²) in [5, 5.41) is 3.03. The Morgan fingerprint density at radius 3 is 1.42 bits per heavy atom. The van der Waals surface area contributed by atoms with Crippen LogP contribution in [0.3, 0.4) is 0 Å². The molecule has 38 heavy (non-hydrogen) atoms. The summed E-state index contributed by atoms with van der Waals surface area (Å²) >= 11 is 3.53. The molecule has 0 bridgehead atoms. The Labute approximate surface area is 244 Å². The van der Waals surface area contributed by atoms with E-state index in [1.807, 2.05) is 81.4 Å². The maximum atomic E-state index is 12.4. The molecular formula is C33H65NO3S. The molecule has 226 valence electrons. The summed E-state index contributed by atoms with van der Waals surface area (Å²) in [6.45, 7) is 35.6. The first kappa shape index (κ1) is 49.2. The molecule has 0 saturated heterocycles. The minimum atomic E-state index is -0.566. The van der Waals surface area contributed by atoms with Gasteiger partial charge in [-0.2, -0.15) is 12.6 Å². The Morgan fingerprint density at radius 1 is 0.737 bits per heavy atom. The molecule has 1 aliphatic rings. The Hall–Kier alpha value is -1.82. The highest BCUT2D eigenvalue weighted by Gasteiger charge is 2.44. The molecule has 5 heteroatoms. The predicted molar refractivity (Wildman–Crippen MR) is 179 cm³/mol. The monoisotopic (exact) mass is 555 g/mol. The van der Waals surface area contributed by atoms with Crippen molar-refractivity contribution in [3.63, 3.8) is 0 Å². The van der Waals surface area contributed by atoms with Crippen LogP contribution < -0.4 is 5.32 Å². The highest BCUT2D eigenvalue weighted by Crippen LogP contribution is 2.47. The van der Waals surface area contributed by atoms with Gasteiger partial charge in [-0.1, -0.05) is 132 Å².